The second-order valence-corrected chi connectivity index (χ2v) is 4.50. The molecule has 1 saturated heterocycles. The number of hydrogen-bond donors (Lipinski definition) is 0. The van der Waals surface area contributed by atoms with Crippen molar-refractivity contribution in [3.8, 4) is 0 Å². The van der Waals surface area contributed by atoms with Crippen LogP contribution in [0, 0.1) is 5.92 Å². The van der Waals surface area contributed by atoms with Crippen molar-refractivity contribution in [1.82, 2.24) is 4.90 Å². The van der Waals surface area contributed by atoms with Gasteiger partial charge in [-0.05, 0) is 32.7 Å². The molecule has 0 aromatic heterocycles. The van der Waals surface area contributed by atoms with Crippen LogP contribution in [0.5, 0.6) is 0 Å². The van der Waals surface area contributed by atoms with Gasteiger partial charge >= 0.3 is 0 Å². The normalized spacial score (nSPS) is 24.1. The lowest BCUT2D eigenvalue weighted by atomic mass is 10.1. The van der Waals surface area contributed by atoms with Crippen LogP contribution in [0.15, 0.2) is 0 Å². The maximum absolute atomic E-state index is 11.6. The quantitative estimate of drug-likeness (QED) is 0.675. The van der Waals surface area contributed by atoms with Crippen LogP contribution in [0.1, 0.15) is 25.7 Å². The third-order valence-corrected chi connectivity index (χ3v) is 3.25. The molecule has 0 N–H and O–H groups in total. The molecule has 0 spiro atoms. The Morgan fingerprint density at radius 1 is 1.29 bits per heavy atom. The Hall–Kier alpha value is -0.410. The molecular weight excluding hydrogens is 178 g/mol. The summed E-state index contributed by atoms with van der Waals surface area (Å²) in [4.78, 5) is 13.8. The van der Waals surface area contributed by atoms with E-state index in [1.54, 1.807) is 0 Å². The molecule has 0 bridgehead atoms. The highest BCUT2D eigenvalue weighted by atomic mass is 16.5. The molecule has 2 aliphatic rings. The first-order valence-electron chi connectivity index (χ1n) is 5.58. The molecule has 2 fully saturated rings. The van der Waals surface area contributed by atoms with Gasteiger partial charge in [0.05, 0.1) is 6.54 Å². The number of nitrogens with zero attached hydrogens (tertiary/aromatic N) is 1. The number of likely N-dealkylation sites (N-methyl/N-ethyl adjacent to an activating group) is 1. The maximum Gasteiger partial charge on any atom is 0.149 e. The molecule has 0 amide bonds. The number of carbonyl (C=O) groups is 1. The Balaban J connectivity index is 1.75. The Kier molecular flexibility index (Phi) is 3.19. The molecule has 1 aliphatic heterocycles. The van der Waals surface area contributed by atoms with E-state index < -0.39 is 0 Å². The minimum absolute atomic E-state index is 0.400. The average Bonchev–Trinajstić information content (AvgIpc) is 3.02. The average molecular weight is 197 g/mol. The van der Waals surface area contributed by atoms with E-state index in [1.165, 1.54) is 0 Å². The van der Waals surface area contributed by atoms with Gasteiger partial charge in [0.1, 0.15) is 5.78 Å². The van der Waals surface area contributed by atoms with Crippen molar-refractivity contribution < 1.29 is 9.53 Å². The Morgan fingerprint density at radius 3 is 2.50 bits per heavy atom. The number of rotatable bonds is 4. The number of ketones is 1. The van der Waals surface area contributed by atoms with Crippen LogP contribution >= 0.6 is 0 Å². The van der Waals surface area contributed by atoms with Gasteiger partial charge in [0, 0.05) is 25.2 Å². The molecule has 80 valence electrons. The van der Waals surface area contributed by atoms with Crippen molar-refractivity contribution in [1.29, 1.82) is 0 Å². The minimum Gasteiger partial charge on any atom is -0.381 e. The fourth-order valence-corrected chi connectivity index (χ4v) is 2.04. The number of carbonyl (C=O) groups excluding carboxylic acids is 1. The summed E-state index contributed by atoms with van der Waals surface area (Å²) in [5, 5.41) is 0. The zero-order valence-corrected chi connectivity index (χ0v) is 8.87. The highest BCUT2D eigenvalue weighted by Crippen LogP contribution is 2.30. The first-order valence-corrected chi connectivity index (χ1v) is 5.58. The standard InChI is InChI=1S/C11H19NO2/c1-12(8-11(13)9-2-3-9)10-4-6-14-7-5-10/h9-10H,2-8H2,1H3. The fraction of sp³-hybridized carbons (Fsp3) is 0.909. The molecule has 0 radical (unpaired) electrons. The predicted molar refractivity (Wildman–Crippen MR) is 54.2 cm³/mol. The Labute approximate surface area is 85.4 Å². The van der Waals surface area contributed by atoms with E-state index in [9.17, 15) is 4.79 Å². The van der Waals surface area contributed by atoms with Crippen molar-refractivity contribution >= 4 is 5.78 Å². The zero-order valence-electron chi connectivity index (χ0n) is 8.87. The van der Waals surface area contributed by atoms with Crippen molar-refractivity contribution in [3.63, 3.8) is 0 Å². The van der Waals surface area contributed by atoms with E-state index in [0.717, 1.165) is 38.9 Å². The van der Waals surface area contributed by atoms with Gasteiger partial charge in [-0.25, -0.2) is 0 Å². The van der Waals surface area contributed by atoms with E-state index >= 15 is 0 Å². The topological polar surface area (TPSA) is 29.5 Å². The van der Waals surface area contributed by atoms with Crippen LogP contribution in [0.4, 0.5) is 0 Å². The zero-order chi connectivity index (χ0) is 9.97. The number of hydrogen-bond acceptors (Lipinski definition) is 3. The molecule has 1 heterocycles. The Morgan fingerprint density at radius 2 is 1.93 bits per heavy atom. The summed E-state index contributed by atoms with van der Waals surface area (Å²) >= 11 is 0. The first-order chi connectivity index (χ1) is 6.77. The van der Waals surface area contributed by atoms with Crippen LogP contribution in [-0.2, 0) is 9.53 Å². The summed E-state index contributed by atoms with van der Waals surface area (Å²) in [6.07, 6.45) is 4.41. The molecule has 2 rings (SSSR count). The van der Waals surface area contributed by atoms with Crippen LogP contribution in [0.3, 0.4) is 0 Å². The highest BCUT2D eigenvalue weighted by molar-refractivity contribution is 5.84. The lowest BCUT2D eigenvalue weighted by Gasteiger charge is -2.30. The van der Waals surface area contributed by atoms with Crippen molar-refractivity contribution in [3.05, 3.63) is 0 Å². The highest BCUT2D eigenvalue weighted by Gasteiger charge is 2.31. The second kappa shape index (κ2) is 4.41. The molecular formula is C11H19NO2. The molecule has 3 nitrogen and oxygen atoms in total. The molecule has 14 heavy (non-hydrogen) atoms. The number of Topliss-reactive ketones (excluding diaryl/α,β-unsaturated/α-hetero) is 1. The molecule has 1 aliphatic carbocycles. The lowest BCUT2D eigenvalue weighted by molar-refractivity contribution is -0.122. The van der Waals surface area contributed by atoms with Gasteiger partial charge in [0.2, 0.25) is 0 Å². The van der Waals surface area contributed by atoms with E-state index in [-0.39, 0.29) is 0 Å². The SMILES string of the molecule is CN(CC(=O)C1CC1)C1CCOCC1. The molecule has 1 saturated carbocycles. The summed E-state index contributed by atoms with van der Waals surface area (Å²) in [7, 11) is 2.07. The third kappa shape index (κ3) is 2.55. The van der Waals surface area contributed by atoms with E-state index in [4.69, 9.17) is 4.74 Å². The third-order valence-electron chi connectivity index (χ3n) is 3.25. The molecule has 0 unspecified atom stereocenters. The number of ether oxygens (including phenoxy) is 1. The maximum atomic E-state index is 11.6. The van der Waals surface area contributed by atoms with Gasteiger partial charge in [-0.2, -0.15) is 0 Å². The van der Waals surface area contributed by atoms with Crippen molar-refractivity contribution in [2.45, 2.75) is 31.7 Å². The fourth-order valence-electron chi connectivity index (χ4n) is 2.04. The minimum atomic E-state index is 0.400. The van der Waals surface area contributed by atoms with Gasteiger partial charge in [0.15, 0.2) is 0 Å². The van der Waals surface area contributed by atoms with Crippen LogP contribution in [-0.4, -0.2) is 43.5 Å². The second-order valence-electron chi connectivity index (χ2n) is 4.50. The monoisotopic (exact) mass is 197 g/mol. The van der Waals surface area contributed by atoms with Gasteiger partial charge < -0.3 is 4.74 Å². The van der Waals surface area contributed by atoms with Gasteiger partial charge in [0.25, 0.3) is 0 Å². The lowest BCUT2D eigenvalue weighted by Crippen LogP contribution is -2.39. The summed E-state index contributed by atoms with van der Waals surface area (Å²) in [5.41, 5.74) is 0. The van der Waals surface area contributed by atoms with E-state index in [1.807, 2.05) is 0 Å². The van der Waals surface area contributed by atoms with Gasteiger partial charge in [-0.3, -0.25) is 9.69 Å². The smallest absolute Gasteiger partial charge is 0.149 e. The molecule has 0 aromatic rings. The van der Waals surface area contributed by atoms with Crippen molar-refractivity contribution in [2.75, 3.05) is 26.8 Å². The van der Waals surface area contributed by atoms with Crippen molar-refractivity contribution in [2.24, 2.45) is 5.92 Å². The largest absolute Gasteiger partial charge is 0.381 e. The predicted octanol–water partition coefficient (Wildman–Crippen LogP) is 1.08. The molecule has 0 aromatic carbocycles. The van der Waals surface area contributed by atoms with Crippen LogP contribution in [0.25, 0.3) is 0 Å². The summed E-state index contributed by atoms with van der Waals surface area (Å²) in [6, 6.07) is 0.562. The molecule has 3 heteroatoms. The summed E-state index contributed by atoms with van der Waals surface area (Å²) < 4.78 is 5.30. The summed E-state index contributed by atoms with van der Waals surface area (Å²) in [5.74, 6) is 0.844. The van der Waals surface area contributed by atoms with E-state index in [0.29, 0.717) is 24.3 Å². The van der Waals surface area contributed by atoms with Gasteiger partial charge in [-0.1, -0.05) is 0 Å². The van der Waals surface area contributed by atoms with E-state index in [2.05, 4.69) is 11.9 Å². The Bertz CT molecular complexity index is 207. The molecule has 0 atom stereocenters. The summed E-state index contributed by atoms with van der Waals surface area (Å²) in [6.45, 7) is 2.36. The van der Waals surface area contributed by atoms with Gasteiger partial charge in [-0.15, -0.1) is 0 Å². The first kappa shape index (κ1) is 10.1. The van der Waals surface area contributed by atoms with Crippen LogP contribution in [0.2, 0.25) is 0 Å². The van der Waals surface area contributed by atoms with Crippen LogP contribution < -0.4 is 0 Å².